The van der Waals surface area contributed by atoms with Gasteiger partial charge in [0.25, 0.3) is 10.0 Å². The number of ether oxygens (including phenoxy) is 1. The highest BCUT2D eigenvalue weighted by Gasteiger charge is 2.32. The second-order valence-electron chi connectivity index (χ2n) is 9.01. The number of hydrogen-bond donors (Lipinski definition) is 1. The monoisotopic (exact) mass is 649 g/mol. The van der Waals surface area contributed by atoms with Gasteiger partial charge in [0.15, 0.2) is 0 Å². The van der Waals surface area contributed by atoms with Crippen molar-refractivity contribution < 1.29 is 22.7 Å². The van der Waals surface area contributed by atoms with Gasteiger partial charge in [0.05, 0.1) is 17.2 Å². The molecule has 1 atom stereocenters. The zero-order valence-electron chi connectivity index (χ0n) is 22.6. The van der Waals surface area contributed by atoms with Crippen LogP contribution in [0, 0.1) is 0 Å². The van der Waals surface area contributed by atoms with Gasteiger partial charge in [-0.2, -0.15) is 0 Å². The number of carbonyl (C=O) groups excluding carboxylic acids is 2. The van der Waals surface area contributed by atoms with Gasteiger partial charge in [-0.25, -0.2) is 8.42 Å². The summed E-state index contributed by atoms with van der Waals surface area (Å²) in [5.74, 6) is -0.309. The van der Waals surface area contributed by atoms with E-state index in [2.05, 4.69) is 21.2 Å². The molecule has 3 aromatic carbocycles. The first kappa shape index (κ1) is 31.4. The minimum absolute atomic E-state index is 0.0208. The maximum absolute atomic E-state index is 13.9. The molecular formula is C29H33BrClN3O5S. The molecule has 0 unspecified atom stereocenters. The summed E-state index contributed by atoms with van der Waals surface area (Å²) >= 11 is 9.50. The number of sulfonamides is 1. The van der Waals surface area contributed by atoms with E-state index < -0.39 is 28.5 Å². The normalized spacial score (nSPS) is 11.9. The van der Waals surface area contributed by atoms with Gasteiger partial charge in [-0.1, -0.05) is 46.6 Å². The van der Waals surface area contributed by atoms with Crippen LogP contribution in [0.1, 0.15) is 32.8 Å². The van der Waals surface area contributed by atoms with Crippen LogP contribution >= 0.6 is 27.5 Å². The lowest BCUT2D eigenvalue weighted by molar-refractivity contribution is -0.139. The average Bonchev–Trinajstić information content (AvgIpc) is 2.93. The van der Waals surface area contributed by atoms with Crippen LogP contribution in [0.2, 0.25) is 5.02 Å². The van der Waals surface area contributed by atoms with Crippen molar-refractivity contribution >= 4 is 55.1 Å². The zero-order chi connectivity index (χ0) is 29.3. The van der Waals surface area contributed by atoms with Gasteiger partial charge in [-0.3, -0.25) is 13.9 Å². The molecule has 0 saturated carbocycles. The Morgan fingerprint density at radius 3 is 2.30 bits per heavy atom. The van der Waals surface area contributed by atoms with Crippen LogP contribution in [0.3, 0.4) is 0 Å². The number of hydrogen-bond acceptors (Lipinski definition) is 5. The average molecular weight is 651 g/mol. The lowest BCUT2D eigenvalue weighted by Gasteiger charge is -2.32. The summed E-state index contributed by atoms with van der Waals surface area (Å²) in [6, 6.07) is 18.8. The summed E-state index contributed by atoms with van der Waals surface area (Å²) in [7, 11) is -4.16. The third-order valence-electron chi connectivity index (χ3n) is 6.07. The van der Waals surface area contributed by atoms with Crippen LogP contribution in [-0.2, 0) is 26.2 Å². The van der Waals surface area contributed by atoms with Crippen LogP contribution in [0.4, 0.5) is 5.69 Å². The second-order valence-corrected chi connectivity index (χ2v) is 12.2. The van der Waals surface area contributed by atoms with Crippen molar-refractivity contribution in [2.24, 2.45) is 0 Å². The molecule has 0 heterocycles. The summed E-state index contributed by atoms with van der Waals surface area (Å²) in [4.78, 5) is 28.2. The van der Waals surface area contributed by atoms with E-state index in [0.29, 0.717) is 29.5 Å². The van der Waals surface area contributed by atoms with Gasteiger partial charge < -0.3 is 15.0 Å². The van der Waals surface area contributed by atoms with Gasteiger partial charge in [0, 0.05) is 22.6 Å². The molecule has 0 aliphatic carbocycles. The van der Waals surface area contributed by atoms with Crippen molar-refractivity contribution in [2.75, 3.05) is 24.0 Å². The highest BCUT2D eigenvalue weighted by atomic mass is 79.9. The van der Waals surface area contributed by atoms with E-state index in [-0.39, 0.29) is 23.0 Å². The number of carbonyl (C=O) groups is 2. The van der Waals surface area contributed by atoms with Crippen LogP contribution in [0.5, 0.6) is 5.75 Å². The smallest absolute Gasteiger partial charge is 0.264 e. The zero-order valence-corrected chi connectivity index (χ0v) is 25.8. The number of amides is 2. The minimum Gasteiger partial charge on any atom is -0.494 e. The SMILES string of the molecule is CCCNC(=O)[C@H](C)N(Cc1cccc(Cl)c1)C(=O)CN(c1ccc(OCC)cc1)S(=O)(=O)c1ccc(Br)cc1. The molecule has 2 amide bonds. The number of rotatable bonds is 13. The number of nitrogens with zero attached hydrogens (tertiary/aromatic N) is 2. The Hall–Kier alpha value is -3.08. The van der Waals surface area contributed by atoms with Crippen molar-refractivity contribution in [3.8, 4) is 5.75 Å². The Kier molecular flexibility index (Phi) is 11.4. The molecule has 0 radical (unpaired) electrons. The van der Waals surface area contributed by atoms with Crippen LogP contribution in [0.15, 0.2) is 82.2 Å². The minimum atomic E-state index is -4.16. The highest BCUT2D eigenvalue weighted by molar-refractivity contribution is 9.10. The third kappa shape index (κ3) is 8.22. The molecule has 1 N–H and O–H groups in total. The molecule has 40 heavy (non-hydrogen) atoms. The molecule has 0 aliphatic rings. The Labute approximate surface area is 249 Å². The summed E-state index contributed by atoms with van der Waals surface area (Å²) in [5, 5.41) is 3.31. The second kappa shape index (κ2) is 14.5. The summed E-state index contributed by atoms with van der Waals surface area (Å²) < 4.78 is 35.0. The van der Waals surface area contributed by atoms with Crippen LogP contribution in [-0.4, -0.2) is 50.9 Å². The van der Waals surface area contributed by atoms with E-state index in [1.165, 1.54) is 17.0 Å². The first-order valence-corrected chi connectivity index (χ1v) is 15.5. The van der Waals surface area contributed by atoms with E-state index in [1.54, 1.807) is 67.6 Å². The van der Waals surface area contributed by atoms with Crippen LogP contribution < -0.4 is 14.4 Å². The van der Waals surface area contributed by atoms with E-state index in [9.17, 15) is 18.0 Å². The molecule has 3 aromatic rings. The van der Waals surface area contributed by atoms with Gasteiger partial charge in [0.1, 0.15) is 18.3 Å². The molecule has 0 fully saturated rings. The predicted octanol–water partition coefficient (Wildman–Crippen LogP) is 5.64. The van der Waals surface area contributed by atoms with Crippen molar-refractivity contribution in [3.05, 3.63) is 87.9 Å². The Bertz CT molecular complexity index is 1400. The standard InChI is InChI=1S/C29H33BrClN3O5S/c1-4-17-32-29(36)21(3)33(19-22-7-6-8-24(31)18-22)28(35)20-34(25-11-13-26(14-12-25)39-5-2)40(37,38)27-15-9-23(30)10-16-27/h6-16,18,21H,4-5,17,19-20H2,1-3H3,(H,32,36)/t21-/m0/s1. The third-order valence-corrected chi connectivity index (χ3v) is 8.63. The highest BCUT2D eigenvalue weighted by Crippen LogP contribution is 2.27. The van der Waals surface area contributed by atoms with E-state index in [0.717, 1.165) is 15.2 Å². The quantitative estimate of drug-likeness (QED) is 0.258. The maximum atomic E-state index is 13.9. The van der Waals surface area contributed by atoms with Gasteiger partial charge >= 0.3 is 0 Å². The number of anilines is 1. The summed E-state index contributed by atoms with van der Waals surface area (Å²) in [6.07, 6.45) is 0.734. The molecule has 214 valence electrons. The van der Waals surface area contributed by atoms with Crippen LogP contribution in [0.25, 0.3) is 0 Å². The number of benzene rings is 3. The lowest BCUT2D eigenvalue weighted by Crippen LogP contribution is -2.51. The molecule has 0 aromatic heterocycles. The molecular weight excluding hydrogens is 618 g/mol. The van der Waals surface area contributed by atoms with Crippen molar-refractivity contribution in [2.45, 2.75) is 44.7 Å². The molecule has 8 nitrogen and oxygen atoms in total. The topological polar surface area (TPSA) is 96.0 Å². The van der Waals surface area contributed by atoms with Crippen molar-refractivity contribution in [1.29, 1.82) is 0 Å². The fourth-order valence-corrected chi connectivity index (χ4v) is 5.84. The lowest BCUT2D eigenvalue weighted by atomic mass is 10.1. The van der Waals surface area contributed by atoms with Crippen molar-refractivity contribution in [3.63, 3.8) is 0 Å². The van der Waals surface area contributed by atoms with Gasteiger partial charge in [-0.05, 0) is 86.5 Å². The molecule has 0 aliphatic heterocycles. The first-order chi connectivity index (χ1) is 19.1. The summed E-state index contributed by atoms with van der Waals surface area (Å²) in [6.45, 7) is 5.85. The Morgan fingerprint density at radius 2 is 1.70 bits per heavy atom. The molecule has 0 spiro atoms. The largest absolute Gasteiger partial charge is 0.494 e. The molecule has 11 heteroatoms. The first-order valence-electron chi connectivity index (χ1n) is 12.9. The maximum Gasteiger partial charge on any atom is 0.264 e. The fourth-order valence-electron chi connectivity index (χ4n) is 3.95. The number of halogens is 2. The predicted molar refractivity (Wildman–Crippen MR) is 161 cm³/mol. The molecule has 3 rings (SSSR count). The molecule has 0 bridgehead atoms. The summed E-state index contributed by atoms with van der Waals surface area (Å²) in [5.41, 5.74) is 0.991. The fraction of sp³-hybridized carbons (Fsp3) is 0.310. The molecule has 0 saturated heterocycles. The Balaban J connectivity index is 2.02. The van der Waals surface area contributed by atoms with Gasteiger partial charge in [-0.15, -0.1) is 0 Å². The Morgan fingerprint density at radius 1 is 1.02 bits per heavy atom. The number of nitrogens with one attached hydrogen (secondary N) is 1. The van der Waals surface area contributed by atoms with Crippen molar-refractivity contribution in [1.82, 2.24) is 10.2 Å². The van der Waals surface area contributed by atoms with E-state index in [1.807, 2.05) is 13.8 Å². The van der Waals surface area contributed by atoms with E-state index >= 15 is 0 Å². The van der Waals surface area contributed by atoms with Gasteiger partial charge in [0.2, 0.25) is 11.8 Å². The van der Waals surface area contributed by atoms with E-state index in [4.69, 9.17) is 16.3 Å².